The van der Waals surface area contributed by atoms with E-state index in [1.54, 1.807) is 0 Å². The van der Waals surface area contributed by atoms with E-state index in [0.717, 1.165) is 32.0 Å². The van der Waals surface area contributed by atoms with E-state index in [1.165, 1.54) is 24.9 Å². The molecule has 2 saturated heterocycles. The van der Waals surface area contributed by atoms with E-state index in [-0.39, 0.29) is 24.0 Å². The largest absolute Gasteiger partial charge is 0.355 e. The Bertz CT molecular complexity index is 565. The fourth-order valence-corrected chi connectivity index (χ4v) is 4.08. The van der Waals surface area contributed by atoms with Gasteiger partial charge in [-0.05, 0) is 45.3 Å². The number of benzene rings is 1. The van der Waals surface area contributed by atoms with Gasteiger partial charge in [-0.3, -0.25) is 9.89 Å². The molecule has 5 nitrogen and oxygen atoms in total. The van der Waals surface area contributed by atoms with Gasteiger partial charge in [-0.25, -0.2) is 0 Å². The van der Waals surface area contributed by atoms with Crippen LogP contribution >= 0.6 is 24.0 Å². The van der Waals surface area contributed by atoms with Gasteiger partial charge < -0.3 is 15.5 Å². The fraction of sp³-hybridized carbons (Fsp3) is 0.650. The summed E-state index contributed by atoms with van der Waals surface area (Å²) in [6.45, 7) is 6.62. The van der Waals surface area contributed by atoms with Gasteiger partial charge in [-0.1, -0.05) is 30.3 Å². The minimum absolute atomic E-state index is 0. The first kappa shape index (κ1) is 21.4. The maximum absolute atomic E-state index is 4.43. The summed E-state index contributed by atoms with van der Waals surface area (Å²) in [5.41, 5.74) is 1.39. The maximum Gasteiger partial charge on any atom is 0.191 e. The van der Waals surface area contributed by atoms with Crippen molar-refractivity contribution in [1.29, 1.82) is 0 Å². The molecule has 2 heterocycles. The van der Waals surface area contributed by atoms with Gasteiger partial charge in [0.25, 0.3) is 0 Å². The molecule has 1 aromatic rings. The number of nitrogens with zero attached hydrogens (tertiary/aromatic N) is 3. The van der Waals surface area contributed by atoms with Crippen molar-refractivity contribution < 1.29 is 0 Å². The molecule has 0 saturated carbocycles. The first-order chi connectivity index (χ1) is 12.2. The number of halogens is 1. The molecular formula is C20H34IN5. The standard InChI is InChI=1S/C20H33N5.HI/c1-16-12-18(15-25(16)14-17-8-5-4-6-9-17)23-20(21-2)22-13-19-10-7-11-24(19)3;/h4-6,8-9,16,18-19H,7,10-15H2,1-3H3,(H2,21,22,23);1H. The molecule has 0 aliphatic carbocycles. The van der Waals surface area contributed by atoms with E-state index < -0.39 is 0 Å². The minimum Gasteiger partial charge on any atom is -0.355 e. The number of hydrogen-bond donors (Lipinski definition) is 2. The lowest BCUT2D eigenvalue weighted by Crippen LogP contribution is -2.48. The van der Waals surface area contributed by atoms with Gasteiger partial charge in [-0.2, -0.15) is 0 Å². The van der Waals surface area contributed by atoms with Crippen molar-refractivity contribution in [1.82, 2.24) is 20.4 Å². The van der Waals surface area contributed by atoms with Crippen molar-refractivity contribution in [2.45, 2.75) is 50.9 Å². The Morgan fingerprint density at radius 1 is 1.27 bits per heavy atom. The average molecular weight is 471 g/mol. The Morgan fingerprint density at radius 3 is 2.69 bits per heavy atom. The molecule has 2 aliphatic heterocycles. The van der Waals surface area contributed by atoms with E-state index in [9.17, 15) is 0 Å². The van der Waals surface area contributed by atoms with Crippen LogP contribution in [0.3, 0.4) is 0 Å². The monoisotopic (exact) mass is 471 g/mol. The van der Waals surface area contributed by atoms with E-state index in [1.807, 2.05) is 7.05 Å². The molecular weight excluding hydrogens is 437 g/mol. The summed E-state index contributed by atoms with van der Waals surface area (Å²) in [7, 11) is 4.09. The van der Waals surface area contributed by atoms with Crippen molar-refractivity contribution in [2.75, 3.05) is 33.7 Å². The van der Waals surface area contributed by atoms with E-state index >= 15 is 0 Å². The second kappa shape index (κ2) is 10.5. The molecule has 0 bridgehead atoms. The number of guanidine groups is 1. The van der Waals surface area contributed by atoms with Gasteiger partial charge in [0.2, 0.25) is 0 Å². The third-order valence-corrected chi connectivity index (χ3v) is 5.67. The Hall–Kier alpha value is -0.860. The van der Waals surface area contributed by atoms with Gasteiger partial charge in [0.15, 0.2) is 5.96 Å². The van der Waals surface area contributed by atoms with E-state index in [4.69, 9.17) is 0 Å². The second-order valence-corrected chi connectivity index (χ2v) is 7.57. The van der Waals surface area contributed by atoms with Crippen LogP contribution in [0.2, 0.25) is 0 Å². The van der Waals surface area contributed by atoms with Crippen LogP contribution < -0.4 is 10.6 Å². The maximum atomic E-state index is 4.43. The average Bonchev–Trinajstić information content (AvgIpc) is 3.18. The van der Waals surface area contributed by atoms with Crippen molar-refractivity contribution in [3.8, 4) is 0 Å². The van der Waals surface area contributed by atoms with Gasteiger partial charge in [0.1, 0.15) is 0 Å². The van der Waals surface area contributed by atoms with Crippen LogP contribution in [0.15, 0.2) is 35.3 Å². The highest BCUT2D eigenvalue weighted by atomic mass is 127. The van der Waals surface area contributed by atoms with Gasteiger partial charge >= 0.3 is 0 Å². The third-order valence-electron chi connectivity index (χ3n) is 5.67. The molecule has 2 aliphatic rings. The first-order valence-electron chi connectivity index (χ1n) is 9.61. The number of hydrogen-bond acceptors (Lipinski definition) is 3. The zero-order valence-electron chi connectivity index (χ0n) is 16.3. The highest BCUT2D eigenvalue weighted by Gasteiger charge is 2.29. The van der Waals surface area contributed by atoms with Gasteiger partial charge in [0.05, 0.1) is 0 Å². The summed E-state index contributed by atoms with van der Waals surface area (Å²) in [5.74, 6) is 0.944. The molecule has 26 heavy (non-hydrogen) atoms. The van der Waals surface area contributed by atoms with Crippen LogP contribution in [0.25, 0.3) is 0 Å². The Kier molecular flexibility index (Phi) is 8.63. The van der Waals surface area contributed by atoms with Gasteiger partial charge in [0, 0.05) is 44.8 Å². The summed E-state index contributed by atoms with van der Waals surface area (Å²) in [6, 6.07) is 12.4. The summed E-state index contributed by atoms with van der Waals surface area (Å²) < 4.78 is 0. The Labute approximate surface area is 175 Å². The normalized spacial score (nSPS) is 27.3. The molecule has 0 radical (unpaired) electrons. The molecule has 0 amide bonds. The molecule has 2 fully saturated rings. The van der Waals surface area contributed by atoms with E-state index in [0.29, 0.717) is 18.1 Å². The van der Waals surface area contributed by atoms with Crippen LogP contribution in [0, 0.1) is 0 Å². The number of likely N-dealkylation sites (tertiary alicyclic amines) is 2. The molecule has 6 heteroatoms. The molecule has 146 valence electrons. The SMILES string of the molecule is CN=C(NCC1CCCN1C)NC1CC(C)N(Cc2ccccc2)C1.I. The van der Waals surface area contributed by atoms with Crippen LogP contribution in [-0.4, -0.2) is 67.6 Å². The minimum atomic E-state index is 0. The molecule has 3 atom stereocenters. The molecule has 3 rings (SSSR count). The summed E-state index contributed by atoms with van der Waals surface area (Å²) >= 11 is 0. The molecule has 1 aromatic carbocycles. The zero-order valence-corrected chi connectivity index (χ0v) is 18.6. The lowest BCUT2D eigenvalue weighted by atomic mass is 10.2. The van der Waals surface area contributed by atoms with Crippen molar-refractivity contribution >= 4 is 29.9 Å². The molecule has 3 unspecified atom stereocenters. The Balaban J connectivity index is 0.00000243. The van der Waals surface area contributed by atoms with Crippen LogP contribution in [0.5, 0.6) is 0 Å². The lowest BCUT2D eigenvalue weighted by molar-refractivity contribution is 0.258. The van der Waals surface area contributed by atoms with Crippen LogP contribution in [-0.2, 0) is 6.54 Å². The summed E-state index contributed by atoms with van der Waals surface area (Å²) in [6.07, 6.45) is 3.76. The number of likely N-dealkylation sites (N-methyl/N-ethyl adjacent to an activating group) is 1. The smallest absolute Gasteiger partial charge is 0.191 e. The first-order valence-corrected chi connectivity index (χ1v) is 9.61. The van der Waals surface area contributed by atoms with Crippen molar-refractivity contribution in [3.63, 3.8) is 0 Å². The highest BCUT2D eigenvalue weighted by Crippen LogP contribution is 2.20. The molecule has 0 spiro atoms. The van der Waals surface area contributed by atoms with Crippen LogP contribution in [0.4, 0.5) is 0 Å². The van der Waals surface area contributed by atoms with E-state index in [2.05, 4.69) is 69.7 Å². The predicted molar refractivity (Wildman–Crippen MR) is 120 cm³/mol. The lowest BCUT2D eigenvalue weighted by Gasteiger charge is -2.23. The number of aliphatic imine (C=N–C) groups is 1. The third kappa shape index (κ3) is 5.82. The van der Waals surface area contributed by atoms with Crippen molar-refractivity contribution in [2.24, 2.45) is 4.99 Å². The number of nitrogens with one attached hydrogen (secondary N) is 2. The predicted octanol–water partition coefficient (Wildman–Crippen LogP) is 2.53. The molecule has 0 aromatic heterocycles. The highest BCUT2D eigenvalue weighted by molar-refractivity contribution is 14.0. The zero-order chi connectivity index (χ0) is 17.6. The van der Waals surface area contributed by atoms with Crippen molar-refractivity contribution in [3.05, 3.63) is 35.9 Å². The summed E-state index contributed by atoms with van der Waals surface area (Å²) in [5, 5.41) is 7.16. The topological polar surface area (TPSA) is 42.9 Å². The molecule has 2 N–H and O–H groups in total. The fourth-order valence-electron chi connectivity index (χ4n) is 4.08. The quantitative estimate of drug-likeness (QED) is 0.394. The summed E-state index contributed by atoms with van der Waals surface area (Å²) in [4.78, 5) is 9.43. The van der Waals surface area contributed by atoms with Crippen LogP contribution in [0.1, 0.15) is 31.7 Å². The second-order valence-electron chi connectivity index (χ2n) is 7.57. The van der Waals surface area contributed by atoms with Gasteiger partial charge in [-0.15, -0.1) is 24.0 Å². The number of rotatable bonds is 5. The Morgan fingerprint density at radius 2 is 2.04 bits per heavy atom.